The molecule has 1 aliphatic heterocycles. The van der Waals surface area contributed by atoms with E-state index in [0.717, 1.165) is 42.6 Å². The van der Waals surface area contributed by atoms with Gasteiger partial charge < -0.3 is 41.3 Å². The van der Waals surface area contributed by atoms with Gasteiger partial charge in [-0.25, -0.2) is 27.7 Å². The van der Waals surface area contributed by atoms with Crippen molar-refractivity contribution in [3.8, 4) is 0 Å². The summed E-state index contributed by atoms with van der Waals surface area (Å²) in [6.45, 7) is 34.8. The van der Waals surface area contributed by atoms with E-state index in [1.54, 1.807) is 18.9 Å². The molecular formula is C55H68N12U2V2W2-6. The van der Waals surface area contributed by atoms with Gasteiger partial charge in [0, 0.05) is 166 Å². The summed E-state index contributed by atoms with van der Waals surface area (Å²) in [4.78, 5) is 32.5. The predicted octanol–water partition coefficient (Wildman–Crippen LogP) is 13.3. The molecule has 384 valence electrons. The smallest absolute Gasteiger partial charge is 0.159 e. The van der Waals surface area contributed by atoms with Crippen molar-refractivity contribution >= 4 is 46.9 Å². The van der Waals surface area contributed by atoms with Crippen molar-refractivity contribution in [3.63, 3.8) is 0 Å². The quantitative estimate of drug-likeness (QED) is 0.150. The van der Waals surface area contributed by atoms with Gasteiger partial charge in [0.15, 0.2) is 5.65 Å². The number of fused-ring (bicyclic) bond motifs is 4. The monoisotopic (exact) mass is 1840 g/mol. The molecule has 18 heteroatoms. The number of rotatable bonds is 0. The summed E-state index contributed by atoms with van der Waals surface area (Å²) in [6, 6.07) is 6.96. The van der Waals surface area contributed by atoms with Gasteiger partial charge in [0.1, 0.15) is 5.52 Å². The Morgan fingerprint density at radius 2 is 1.25 bits per heavy atom. The zero-order valence-corrected chi connectivity index (χ0v) is 62.0. The first-order chi connectivity index (χ1) is 31.2. The summed E-state index contributed by atoms with van der Waals surface area (Å²) < 4.78 is 1.95. The molecule has 5 aliphatic rings. The minimum atomic E-state index is -0.0739. The number of nitrogens with zero attached hydrogens (tertiary/aromatic N) is 9. The number of imidazole rings is 1. The van der Waals surface area contributed by atoms with Gasteiger partial charge in [-0.05, 0) is 90.8 Å². The van der Waals surface area contributed by atoms with E-state index >= 15 is 0 Å². The zero-order chi connectivity index (χ0) is 49.1. The second-order valence-corrected chi connectivity index (χ2v) is 22.4. The zero-order valence-electron chi connectivity index (χ0n) is 45.0. The van der Waals surface area contributed by atoms with Gasteiger partial charge in [0.25, 0.3) is 0 Å². The van der Waals surface area contributed by atoms with E-state index in [1.165, 1.54) is 68.6 Å². The van der Waals surface area contributed by atoms with Crippen LogP contribution in [0.2, 0.25) is 0 Å². The molecule has 2 radical (unpaired) electrons. The Balaban J connectivity index is 0.000000870. The van der Waals surface area contributed by atoms with E-state index in [4.69, 9.17) is 11.5 Å². The number of pyridine rings is 2. The molecule has 0 bridgehead atoms. The molecule has 0 amide bonds. The topological polar surface area (TPSA) is 167 Å². The van der Waals surface area contributed by atoms with E-state index in [1.807, 2.05) is 23.2 Å². The standard InChI is InChI=1S/C12H13N.C12H14N.C11H14N3.C11H15N2.C9H12N5.2U.2V.2W/c1-12(2,3)11-6-9-4-5-13-8-10(9)7-11;1-12(2,3)10-7-9-5-4-6-13-11(9)8-10;1-11(2,3)8-5-4-7-9(8)13-6-14-10(7)12;1-11(2,3)9-4-5-10-8(9)6-12-7-13-10;1-9(2,3)14-5-13-6-7(10)11-4-12-8(6)14;;;;;;/h4,6H,7H2,1-3H3;5-7H,8H2,1-3H3;5-6H,4H2,1-3H3,(H-,12,13,14);4,6-7H,5H2,1-3H3,(H,12,13);4-5H,1-3H3,(H-,10,11,12);;;;;;/q-2;4*-1;;;;;;. The summed E-state index contributed by atoms with van der Waals surface area (Å²) >= 11 is 0. The number of hydrogen-bond acceptors (Lipinski definition) is 9. The molecule has 0 saturated carbocycles. The fourth-order valence-corrected chi connectivity index (χ4v) is 8.04. The van der Waals surface area contributed by atoms with Crippen LogP contribution in [0.3, 0.4) is 0 Å². The van der Waals surface area contributed by atoms with Crippen LogP contribution in [-0.2, 0) is 104 Å². The fraction of sp³-hybridized carbons (Fsp3) is 0.436. The van der Waals surface area contributed by atoms with Crippen molar-refractivity contribution in [2.75, 3.05) is 0 Å². The fourth-order valence-electron chi connectivity index (χ4n) is 8.04. The third-order valence-corrected chi connectivity index (χ3v) is 12.0. The van der Waals surface area contributed by atoms with E-state index in [0.29, 0.717) is 11.3 Å². The maximum atomic E-state index is 7.66. The molecule has 12 nitrogen and oxygen atoms in total. The van der Waals surface area contributed by atoms with Crippen LogP contribution in [0.5, 0.6) is 0 Å². The maximum absolute atomic E-state index is 7.66. The van der Waals surface area contributed by atoms with Gasteiger partial charge in [0.05, 0.1) is 12.0 Å². The van der Waals surface area contributed by atoms with E-state index < -0.39 is 0 Å². The van der Waals surface area contributed by atoms with Crippen LogP contribution in [0.25, 0.3) is 40.4 Å². The van der Waals surface area contributed by atoms with Crippen LogP contribution >= 0.6 is 0 Å². The second kappa shape index (κ2) is 29.3. The van der Waals surface area contributed by atoms with Gasteiger partial charge in [-0.3, -0.25) is 34.0 Å². The molecule has 0 saturated heterocycles. The Kier molecular flexibility index (Phi) is 28.6. The Hall–Kier alpha value is -1.78. The predicted molar refractivity (Wildman–Crippen MR) is 274 cm³/mol. The first-order valence-electron chi connectivity index (χ1n) is 23.0. The van der Waals surface area contributed by atoms with Crippen LogP contribution < -0.4 is 5.32 Å². The minimum absolute atomic E-state index is 0. The number of aromatic nitrogens is 8. The number of aliphatic imine (C=N–C) groups is 1. The van der Waals surface area contributed by atoms with Crippen LogP contribution in [0.1, 0.15) is 144 Å². The van der Waals surface area contributed by atoms with Crippen LogP contribution in [-0.4, -0.2) is 45.8 Å². The molecule has 4 aliphatic carbocycles. The molecule has 0 atom stereocenters. The molecule has 0 spiro atoms. The molecule has 10 rings (SSSR count). The van der Waals surface area contributed by atoms with Crippen molar-refractivity contribution in [3.05, 3.63) is 148 Å². The van der Waals surface area contributed by atoms with Gasteiger partial charge >= 0.3 is 0 Å². The first kappa shape index (κ1) is 71.2. The molecule has 0 fully saturated rings. The normalized spacial score (nSPS) is 14.5. The molecule has 73 heavy (non-hydrogen) atoms. The van der Waals surface area contributed by atoms with Crippen LogP contribution in [0.4, 0.5) is 11.6 Å². The number of nitrogens with one attached hydrogen (secondary N) is 3. The summed E-state index contributed by atoms with van der Waals surface area (Å²) in [6.07, 6.45) is 26.7. The first-order valence-corrected chi connectivity index (χ1v) is 23.0. The SMILES string of the molecule is CC(C)(C)C1=CCC2=C1[CH-]N=CN2.CC(C)(C)C1=CCc2c([NH-])ncnc21.CC(C)(C)C1=Cc2c[c-]cnc2C1.CC(C)(C)C1=Cc2c[c-]n[c-]c2C1.CC(C)(C)n1cnc2c([NH-])ncnc21.[U].[U].[V].[V].[W].[W]. The minimum Gasteiger partial charge on any atom is -0.543 e. The Morgan fingerprint density at radius 1 is 0.658 bits per heavy atom. The second-order valence-electron chi connectivity index (χ2n) is 22.4. The van der Waals surface area contributed by atoms with Crippen molar-refractivity contribution < 1.29 is 141 Å². The summed E-state index contributed by atoms with van der Waals surface area (Å²) in [5.41, 5.74) is 32.3. The Morgan fingerprint density at radius 3 is 1.84 bits per heavy atom. The largest absolute Gasteiger partial charge is 0.543 e. The van der Waals surface area contributed by atoms with Gasteiger partial charge in [-0.2, -0.15) is 11.6 Å². The van der Waals surface area contributed by atoms with Gasteiger partial charge in [-0.1, -0.05) is 125 Å². The summed E-state index contributed by atoms with van der Waals surface area (Å²) in [5, 5.41) is 3.19. The van der Waals surface area contributed by atoms with Crippen LogP contribution in [0.15, 0.2) is 82.4 Å². The van der Waals surface area contributed by atoms with Crippen molar-refractivity contribution in [1.29, 1.82) is 0 Å². The average Bonchev–Trinajstić information content (AvgIpc) is 4.09. The summed E-state index contributed by atoms with van der Waals surface area (Å²) in [5.74, 6) is 0.545. The number of hydrogen-bond donors (Lipinski definition) is 1. The molecule has 0 aromatic carbocycles. The molecule has 5 aromatic rings. The average molecular weight is 1840 g/mol. The van der Waals surface area contributed by atoms with E-state index in [9.17, 15) is 0 Å². The van der Waals surface area contributed by atoms with E-state index in [2.05, 4.69) is 192 Å². The van der Waals surface area contributed by atoms with Crippen molar-refractivity contribution in [2.45, 2.75) is 135 Å². The number of allylic oxidation sites excluding steroid dienone is 5. The van der Waals surface area contributed by atoms with Crippen molar-refractivity contribution in [1.82, 2.24) is 44.8 Å². The molecule has 6 heterocycles. The van der Waals surface area contributed by atoms with Crippen LogP contribution in [0, 0.1) is 109 Å². The third kappa shape index (κ3) is 18.7. The molecule has 5 aromatic heterocycles. The van der Waals surface area contributed by atoms with Gasteiger partial charge in [0.2, 0.25) is 0 Å². The molecular weight excluding hydrogens is 1770 g/mol. The Bertz CT molecular complexity index is 2740. The van der Waals surface area contributed by atoms with Crippen molar-refractivity contribution in [2.24, 2.45) is 26.7 Å². The van der Waals surface area contributed by atoms with Gasteiger partial charge in [-0.15, -0.1) is 23.3 Å². The molecule has 0 unspecified atom stereocenters. The third-order valence-electron chi connectivity index (χ3n) is 12.0. The summed E-state index contributed by atoms with van der Waals surface area (Å²) in [7, 11) is 0. The maximum Gasteiger partial charge on any atom is 0.159 e. The van der Waals surface area contributed by atoms with E-state index in [-0.39, 0.29) is 174 Å². The molecule has 3 N–H and O–H groups in total. The Labute approximate surface area is 536 Å².